The Morgan fingerprint density at radius 2 is 2.17 bits per heavy atom. The number of aryl methyl sites for hydroxylation is 1. The molecule has 6 nitrogen and oxygen atoms in total. The highest BCUT2D eigenvalue weighted by Gasteiger charge is 2.13. The lowest BCUT2D eigenvalue weighted by atomic mass is 10.2. The molecule has 6 heteroatoms. The minimum atomic E-state index is 0.612. The summed E-state index contributed by atoms with van der Waals surface area (Å²) in [6.45, 7) is 3.89. The molecule has 0 bridgehead atoms. The van der Waals surface area contributed by atoms with Gasteiger partial charge in [-0.25, -0.2) is 4.68 Å². The van der Waals surface area contributed by atoms with E-state index in [2.05, 4.69) is 15.5 Å². The number of tetrazole rings is 1. The van der Waals surface area contributed by atoms with Crippen LogP contribution in [-0.4, -0.2) is 33.4 Å². The summed E-state index contributed by atoms with van der Waals surface area (Å²) >= 11 is 0. The fourth-order valence-corrected chi connectivity index (χ4v) is 1.72. The molecule has 2 rings (SSSR count). The van der Waals surface area contributed by atoms with Crippen LogP contribution in [0.1, 0.15) is 13.3 Å². The van der Waals surface area contributed by atoms with Crippen LogP contribution >= 0.6 is 0 Å². The van der Waals surface area contributed by atoms with Crippen molar-refractivity contribution in [1.29, 1.82) is 0 Å². The molecule has 1 heterocycles. The Labute approximate surface area is 106 Å². The first-order chi connectivity index (χ1) is 8.86. The number of para-hydroxylation sites is 1. The zero-order chi connectivity index (χ0) is 12.8. The van der Waals surface area contributed by atoms with Gasteiger partial charge in [0.1, 0.15) is 5.75 Å². The number of hydrogen-bond donors (Lipinski definition) is 1. The minimum Gasteiger partial charge on any atom is -0.493 e. The number of nitrogens with zero attached hydrogens (tertiary/aromatic N) is 4. The number of aromatic nitrogens is 4. The van der Waals surface area contributed by atoms with Gasteiger partial charge in [-0.1, -0.05) is 12.1 Å². The summed E-state index contributed by atoms with van der Waals surface area (Å²) in [6, 6.07) is 7.75. The summed E-state index contributed by atoms with van der Waals surface area (Å²) < 4.78 is 7.34. The summed E-state index contributed by atoms with van der Waals surface area (Å²) in [6.07, 6.45) is 0.842. The molecule has 0 aliphatic heterocycles. The summed E-state index contributed by atoms with van der Waals surface area (Å²) in [5, 5.41) is 11.8. The van der Waals surface area contributed by atoms with Crippen molar-refractivity contribution in [3.8, 4) is 17.1 Å². The third-order valence-corrected chi connectivity index (χ3v) is 2.53. The standard InChI is InChI=1S/C12H17N5O/c1-2-18-11-7-4-3-6-10(11)12-14-15-16-17(12)9-5-8-13/h3-4,6-7H,2,5,8-9,13H2,1H3. The van der Waals surface area contributed by atoms with Crippen LogP contribution in [0.4, 0.5) is 0 Å². The van der Waals surface area contributed by atoms with E-state index in [4.69, 9.17) is 10.5 Å². The summed E-state index contributed by atoms with van der Waals surface area (Å²) in [5.41, 5.74) is 6.41. The number of hydrogen-bond acceptors (Lipinski definition) is 5. The van der Waals surface area contributed by atoms with Crippen molar-refractivity contribution < 1.29 is 4.74 Å². The molecule has 18 heavy (non-hydrogen) atoms. The summed E-state index contributed by atoms with van der Waals surface area (Å²) in [7, 11) is 0. The second-order valence-corrected chi connectivity index (χ2v) is 3.80. The molecule has 0 saturated carbocycles. The number of benzene rings is 1. The van der Waals surface area contributed by atoms with Crippen LogP contribution in [-0.2, 0) is 6.54 Å². The van der Waals surface area contributed by atoms with Gasteiger partial charge < -0.3 is 10.5 Å². The Morgan fingerprint density at radius 3 is 2.94 bits per heavy atom. The smallest absolute Gasteiger partial charge is 0.185 e. The van der Waals surface area contributed by atoms with Crippen LogP contribution in [0.15, 0.2) is 24.3 Å². The predicted molar refractivity (Wildman–Crippen MR) is 68.1 cm³/mol. The maximum atomic E-state index is 5.59. The lowest BCUT2D eigenvalue weighted by Gasteiger charge is -2.09. The van der Waals surface area contributed by atoms with Gasteiger partial charge in [0, 0.05) is 6.54 Å². The van der Waals surface area contributed by atoms with E-state index < -0.39 is 0 Å². The van der Waals surface area contributed by atoms with Crippen molar-refractivity contribution in [1.82, 2.24) is 20.2 Å². The van der Waals surface area contributed by atoms with Gasteiger partial charge in [-0.2, -0.15) is 0 Å². The van der Waals surface area contributed by atoms with Crippen LogP contribution in [0.3, 0.4) is 0 Å². The van der Waals surface area contributed by atoms with Gasteiger partial charge in [0.15, 0.2) is 5.82 Å². The molecule has 0 saturated heterocycles. The van der Waals surface area contributed by atoms with Gasteiger partial charge in [0.05, 0.1) is 12.2 Å². The Morgan fingerprint density at radius 1 is 1.33 bits per heavy atom. The minimum absolute atomic E-state index is 0.612. The molecule has 1 aromatic carbocycles. The third kappa shape index (κ3) is 2.65. The van der Waals surface area contributed by atoms with Gasteiger partial charge >= 0.3 is 0 Å². The molecular formula is C12H17N5O. The van der Waals surface area contributed by atoms with E-state index in [1.165, 1.54) is 0 Å². The highest BCUT2D eigenvalue weighted by molar-refractivity contribution is 5.63. The quantitative estimate of drug-likeness (QED) is 0.826. The van der Waals surface area contributed by atoms with E-state index in [0.717, 1.165) is 17.7 Å². The number of nitrogens with two attached hydrogens (primary N) is 1. The molecule has 1 aromatic heterocycles. The molecule has 0 aliphatic rings. The monoisotopic (exact) mass is 247 g/mol. The first kappa shape index (κ1) is 12.5. The average molecular weight is 247 g/mol. The predicted octanol–water partition coefficient (Wildman–Crippen LogP) is 1.09. The average Bonchev–Trinajstić information content (AvgIpc) is 2.85. The van der Waals surface area contributed by atoms with E-state index in [9.17, 15) is 0 Å². The molecule has 2 aromatic rings. The molecule has 2 N–H and O–H groups in total. The normalized spacial score (nSPS) is 10.6. The van der Waals surface area contributed by atoms with Gasteiger partial charge in [-0.05, 0) is 42.4 Å². The zero-order valence-electron chi connectivity index (χ0n) is 10.4. The maximum absolute atomic E-state index is 5.59. The van der Waals surface area contributed by atoms with Gasteiger partial charge in [-0.3, -0.25) is 0 Å². The third-order valence-electron chi connectivity index (χ3n) is 2.53. The first-order valence-electron chi connectivity index (χ1n) is 6.05. The summed E-state index contributed by atoms with van der Waals surface area (Å²) in [5.74, 6) is 1.51. The van der Waals surface area contributed by atoms with Crippen LogP contribution in [0, 0.1) is 0 Å². The second-order valence-electron chi connectivity index (χ2n) is 3.80. The van der Waals surface area contributed by atoms with Crippen molar-refractivity contribution in [2.75, 3.05) is 13.2 Å². The number of ether oxygens (including phenoxy) is 1. The summed E-state index contributed by atoms with van der Waals surface area (Å²) in [4.78, 5) is 0. The Bertz CT molecular complexity index is 497. The molecule has 0 fully saturated rings. The SMILES string of the molecule is CCOc1ccccc1-c1nnnn1CCCN. The second kappa shape index (κ2) is 6.11. The van der Waals surface area contributed by atoms with Crippen molar-refractivity contribution in [3.63, 3.8) is 0 Å². The first-order valence-corrected chi connectivity index (χ1v) is 6.05. The van der Waals surface area contributed by atoms with Crippen LogP contribution in [0.2, 0.25) is 0 Å². The maximum Gasteiger partial charge on any atom is 0.185 e. The van der Waals surface area contributed by atoms with Crippen LogP contribution in [0.5, 0.6) is 5.75 Å². The van der Waals surface area contributed by atoms with E-state index in [0.29, 0.717) is 25.5 Å². The number of rotatable bonds is 6. The Balaban J connectivity index is 2.33. The molecule has 0 spiro atoms. The van der Waals surface area contributed by atoms with E-state index in [-0.39, 0.29) is 0 Å². The van der Waals surface area contributed by atoms with Gasteiger partial charge in [0.2, 0.25) is 0 Å². The molecule has 0 radical (unpaired) electrons. The van der Waals surface area contributed by atoms with Crippen molar-refractivity contribution in [2.24, 2.45) is 5.73 Å². The molecule has 0 unspecified atom stereocenters. The lowest BCUT2D eigenvalue weighted by molar-refractivity contribution is 0.341. The highest BCUT2D eigenvalue weighted by atomic mass is 16.5. The van der Waals surface area contributed by atoms with E-state index >= 15 is 0 Å². The van der Waals surface area contributed by atoms with E-state index in [1.807, 2.05) is 31.2 Å². The van der Waals surface area contributed by atoms with Gasteiger partial charge in [0.25, 0.3) is 0 Å². The molecule has 0 aliphatic carbocycles. The fraction of sp³-hybridized carbons (Fsp3) is 0.417. The topological polar surface area (TPSA) is 78.9 Å². The van der Waals surface area contributed by atoms with E-state index in [1.54, 1.807) is 4.68 Å². The zero-order valence-corrected chi connectivity index (χ0v) is 10.4. The molecular weight excluding hydrogens is 230 g/mol. The molecule has 0 atom stereocenters. The van der Waals surface area contributed by atoms with Crippen LogP contribution < -0.4 is 10.5 Å². The molecule has 96 valence electrons. The van der Waals surface area contributed by atoms with Crippen molar-refractivity contribution >= 4 is 0 Å². The van der Waals surface area contributed by atoms with Gasteiger partial charge in [-0.15, -0.1) is 5.10 Å². The van der Waals surface area contributed by atoms with Crippen LogP contribution in [0.25, 0.3) is 11.4 Å². The van der Waals surface area contributed by atoms with Crippen molar-refractivity contribution in [3.05, 3.63) is 24.3 Å². The Hall–Kier alpha value is -1.95. The molecule has 0 amide bonds. The largest absolute Gasteiger partial charge is 0.493 e. The fourth-order valence-electron chi connectivity index (χ4n) is 1.72. The lowest BCUT2D eigenvalue weighted by Crippen LogP contribution is -2.09. The Kier molecular flexibility index (Phi) is 4.25. The van der Waals surface area contributed by atoms with Crippen molar-refractivity contribution in [2.45, 2.75) is 19.9 Å². The highest BCUT2D eigenvalue weighted by Crippen LogP contribution is 2.27.